The van der Waals surface area contributed by atoms with Crippen LogP contribution in [0.2, 0.25) is 0 Å². The number of carbonyl (C=O) groups excluding carboxylic acids is 2. The minimum Gasteiger partial charge on any atom is -0.381 e. The van der Waals surface area contributed by atoms with Gasteiger partial charge in [-0.05, 0) is 18.4 Å². The van der Waals surface area contributed by atoms with Crippen molar-refractivity contribution in [1.82, 2.24) is 10.1 Å². The summed E-state index contributed by atoms with van der Waals surface area (Å²) in [6, 6.07) is 8.14. The van der Waals surface area contributed by atoms with Crippen LogP contribution in [0.1, 0.15) is 18.4 Å². The van der Waals surface area contributed by atoms with E-state index in [4.69, 9.17) is 15.4 Å². The van der Waals surface area contributed by atoms with E-state index in [0.29, 0.717) is 26.0 Å². The summed E-state index contributed by atoms with van der Waals surface area (Å²) in [6.45, 7) is 1.40. The third-order valence-electron chi connectivity index (χ3n) is 4.51. The van der Waals surface area contributed by atoms with E-state index < -0.39 is 30.0 Å². The third-order valence-corrected chi connectivity index (χ3v) is 4.51. The first-order valence-electron chi connectivity index (χ1n) is 8.45. The summed E-state index contributed by atoms with van der Waals surface area (Å²) in [5, 5.41) is 13.3. The molecule has 0 radical (unpaired) electrons. The number of aliphatic hydroxyl groups is 1. The molecule has 2 saturated heterocycles. The topological polar surface area (TPSA) is 105 Å². The molecular formula is C17H23N3O5. The molecule has 0 bridgehead atoms. The van der Waals surface area contributed by atoms with Crippen LogP contribution in [-0.4, -0.2) is 65.0 Å². The molecule has 8 nitrogen and oxygen atoms in total. The fraction of sp³-hybridized carbons (Fsp3) is 0.529. The lowest BCUT2D eigenvalue weighted by Crippen LogP contribution is -2.54. The monoisotopic (exact) mass is 349 g/mol. The lowest BCUT2D eigenvalue weighted by atomic mass is 9.99. The quantitative estimate of drug-likeness (QED) is 0.725. The van der Waals surface area contributed by atoms with Gasteiger partial charge in [0.2, 0.25) is 5.91 Å². The molecule has 2 amide bonds. The van der Waals surface area contributed by atoms with Gasteiger partial charge < -0.3 is 10.8 Å². The summed E-state index contributed by atoms with van der Waals surface area (Å²) in [5.74, 6) is -1.31. The Morgan fingerprint density at radius 3 is 2.64 bits per heavy atom. The van der Waals surface area contributed by atoms with Gasteiger partial charge in [-0.3, -0.25) is 19.3 Å². The number of aliphatic hydroxyl groups excluding tert-OH is 1. The maximum absolute atomic E-state index is 12.7. The van der Waals surface area contributed by atoms with E-state index in [9.17, 15) is 14.7 Å². The van der Waals surface area contributed by atoms with Gasteiger partial charge in [-0.25, -0.2) is 5.06 Å². The van der Waals surface area contributed by atoms with E-state index in [-0.39, 0.29) is 6.61 Å². The van der Waals surface area contributed by atoms with Crippen molar-refractivity contribution in [2.75, 3.05) is 19.8 Å². The molecule has 2 aliphatic heterocycles. The van der Waals surface area contributed by atoms with Crippen LogP contribution in [0, 0.1) is 0 Å². The maximum Gasteiger partial charge on any atom is 0.277 e. The molecule has 3 N–H and O–H groups in total. The van der Waals surface area contributed by atoms with Gasteiger partial charge in [0.15, 0.2) is 6.10 Å². The standard InChI is InChI=1S/C17H23N3O5/c18-16(22)13-7-10-25-20(13)17(23)15(21)14(19-8-4-9-24-19)11-12-5-2-1-3-6-12/h1-3,5-6,13-15,21H,4,7-11H2,(H2,18,22)/t13?,14-,15+/m0/s1. The van der Waals surface area contributed by atoms with E-state index in [1.807, 2.05) is 30.3 Å². The Kier molecular flexibility index (Phi) is 5.64. The van der Waals surface area contributed by atoms with Crippen LogP contribution in [0.4, 0.5) is 0 Å². The minimum absolute atomic E-state index is 0.218. The summed E-state index contributed by atoms with van der Waals surface area (Å²) >= 11 is 0. The molecule has 1 aromatic carbocycles. The molecular weight excluding hydrogens is 326 g/mol. The average molecular weight is 349 g/mol. The normalized spacial score (nSPS) is 23.6. The number of amides is 2. The Bertz CT molecular complexity index is 606. The molecule has 2 heterocycles. The molecule has 25 heavy (non-hydrogen) atoms. The average Bonchev–Trinajstić information content (AvgIpc) is 3.30. The number of benzene rings is 1. The Balaban J connectivity index is 1.77. The molecule has 3 atom stereocenters. The Hall–Kier alpha value is -2.00. The number of hydroxylamine groups is 4. The van der Waals surface area contributed by atoms with Crippen molar-refractivity contribution in [3.8, 4) is 0 Å². The van der Waals surface area contributed by atoms with E-state index >= 15 is 0 Å². The zero-order chi connectivity index (χ0) is 17.8. The van der Waals surface area contributed by atoms with E-state index in [1.54, 1.807) is 5.06 Å². The van der Waals surface area contributed by atoms with Gasteiger partial charge in [-0.2, -0.15) is 5.06 Å². The zero-order valence-electron chi connectivity index (χ0n) is 13.9. The highest BCUT2D eigenvalue weighted by Crippen LogP contribution is 2.22. The number of primary amides is 1. The van der Waals surface area contributed by atoms with Crippen molar-refractivity contribution in [3.63, 3.8) is 0 Å². The van der Waals surface area contributed by atoms with Gasteiger partial charge in [0.1, 0.15) is 6.04 Å². The fourth-order valence-corrected chi connectivity index (χ4v) is 3.19. The van der Waals surface area contributed by atoms with Crippen LogP contribution in [0.3, 0.4) is 0 Å². The fourth-order valence-electron chi connectivity index (χ4n) is 3.19. The Morgan fingerprint density at radius 1 is 1.24 bits per heavy atom. The first-order chi connectivity index (χ1) is 12.1. The van der Waals surface area contributed by atoms with Crippen LogP contribution in [-0.2, 0) is 25.7 Å². The highest BCUT2D eigenvalue weighted by molar-refractivity contribution is 5.88. The number of hydrogen-bond donors (Lipinski definition) is 2. The summed E-state index contributed by atoms with van der Waals surface area (Å²) < 4.78 is 0. The minimum atomic E-state index is -1.39. The maximum atomic E-state index is 12.7. The van der Waals surface area contributed by atoms with E-state index in [0.717, 1.165) is 17.0 Å². The van der Waals surface area contributed by atoms with Crippen LogP contribution < -0.4 is 5.73 Å². The summed E-state index contributed by atoms with van der Waals surface area (Å²) in [7, 11) is 0. The van der Waals surface area contributed by atoms with Gasteiger partial charge >= 0.3 is 0 Å². The number of carbonyl (C=O) groups is 2. The molecule has 1 unspecified atom stereocenters. The first kappa shape index (κ1) is 17.8. The molecule has 1 aromatic rings. The number of rotatable bonds is 6. The highest BCUT2D eigenvalue weighted by atomic mass is 16.7. The second-order valence-electron chi connectivity index (χ2n) is 6.23. The molecule has 0 aliphatic carbocycles. The zero-order valence-corrected chi connectivity index (χ0v) is 13.9. The number of hydrogen-bond acceptors (Lipinski definition) is 6. The van der Waals surface area contributed by atoms with E-state index in [1.165, 1.54) is 0 Å². The van der Waals surface area contributed by atoms with Gasteiger partial charge in [-0.1, -0.05) is 30.3 Å². The van der Waals surface area contributed by atoms with Crippen LogP contribution in [0.25, 0.3) is 0 Å². The molecule has 136 valence electrons. The van der Waals surface area contributed by atoms with Crippen LogP contribution in [0.5, 0.6) is 0 Å². The Labute approximate surface area is 146 Å². The van der Waals surface area contributed by atoms with Gasteiger partial charge in [0.05, 0.1) is 19.3 Å². The SMILES string of the molecule is NC(=O)C1CCON1C(=O)[C@H](O)[C@H](Cc1ccccc1)N1CCCO1. The number of nitrogens with two attached hydrogens (primary N) is 1. The van der Waals surface area contributed by atoms with Crippen molar-refractivity contribution >= 4 is 11.8 Å². The van der Waals surface area contributed by atoms with Gasteiger partial charge in [0.25, 0.3) is 5.91 Å². The molecule has 2 aliphatic rings. The molecule has 2 fully saturated rings. The lowest BCUT2D eigenvalue weighted by Gasteiger charge is -2.32. The van der Waals surface area contributed by atoms with Crippen LogP contribution >= 0.6 is 0 Å². The van der Waals surface area contributed by atoms with Crippen molar-refractivity contribution < 1.29 is 24.4 Å². The van der Waals surface area contributed by atoms with Crippen molar-refractivity contribution in [3.05, 3.63) is 35.9 Å². The highest BCUT2D eigenvalue weighted by Gasteiger charge is 2.42. The summed E-state index contributed by atoms with van der Waals surface area (Å²) in [5.41, 5.74) is 6.29. The molecule has 8 heteroatoms. The smallest absolute Gasteiger partial charge is 0.277 e. The molecule has 0 saturated carbocycles. The summed E-state index contributed by atoms with van der Waals surface area (Å²) in [6.07, 6.45) is 0.203. The Morgan fingerprint density at radius 2 is 2.00 bits per heavy atom. The van der Waals surface area contributed by atoms with E-state index in [2.05, 4.69) is 0 Å². The van der Waals surface area contributed by atoms with Crippen molar-refractivity contribution in [2.45, 2.75) is 37.5 Å². The lowest BCUT2D eigenvalue weighted by molar-refractivity contribution is -0.203. The van der Waals surface area contributed by atoms with Crippen molar-refractivity contribution in [2.24, 2.45) is 5.73 Å². The van der Waals surface area contributed by atoms with Crippen molar-refractivity contribution in [1.29, 1.82) is 0 Å². The third kappa shape index (κ3) is 3.98. The number of nitrogens with zero attached hydrogens (tertiary/aromatic N) is 2. The van der Waals surface area contributed by atoms with Gasteiger partial charge in [-0.15, -0.1) is 0 Å². The predicted octanol–water partition coefficient (Wildman–Crippen LogP) is -0.386. The summed E-state index contributed by atoms with van der Waals surface area (Å²) in [4.78, 5) is 35.0. The molecule has 3 rings (SSSR count). The largest absolute Gasteiger partial charge is 0.381 e. The molecule has 0 aromatic heterocycles. The second-order valence-corrected chi connectivity index (χ2v) is 6.23. The second kappa shape index (κ2) is 7.92. The van der Waals surface area contributed by atoms with Crippen LogP contribution in [0.15, 0.2) is 30.3 Å². The predicted molar refractivity (Wildman–Crippen MR) is 87.6 cm³/mol. The van der Waals surface area contributed by atoms with Gasteiger partial charge in [0, 0.05) is 13.0 Å². The molecule has 0 spiro atoms. The first-order valence-corrected chi connectivity index (χ1v) is 8.45.